The zero-order valence-electron chi connectivity index (χ0n) is 21.5. The van der Waals surface area contributed by atoms with E-state index in [1.807, 2.05) is 48.5 Å². The van der Waals surface area contributed by atoms with Gasteiger partial charge in [0.25, 0.3) is 0 Å². The summed E-state index contributed by atoms with van der Waals surface area (Å²) < 4.78 is 11.1. The summed E-state index contributed by atoms with van der Waals surface area (Å²) in [6.45, 7) is 3.09. The summed E-state index contributed by atoms with van der Waals surface area (Å²) in [7, 11) is 0. The fraction of sp³-hybridized carbons (Fsp3) is 0.467. The number of rotatable bonds is 16. The summed E-state index contributed by atoms with van der Waals surface area (Å²) in [5.74, 6) is -0.583. The van der Waals surface area contributed by atoms with Crippen LogP contribution in [0.4, 0.5) is 0 Å². The van der Waals surface area contributed by atoms with Crippen LogP contribution in [-0.2, 0) is 31.9 Å². The summed E-state index contributed by atoms with van der Waals surface area (Å²) in [6, 6.07) is 15.7. The van der Waals surface area contributed by atoms with Crippen LogP contribution < -0.4 is 0 Å². The van der Waals surface area contributed by atoms with Gasteiger partial charge in [-0.2, -0.15) is 0 Å². The van der Waals surface area contributed by atoms with Gasteiger partial charge in [-0.05, 0) is 73.6 Å². The number of hydrogen-bond donors (Lipinski definition) is 2. The van der Waals surface area contributed by atoms with Gasteiger partial charge in [-0.1, -0.05) is 60.7 Å². The summed E-state index contributed by atoms with van der Waals surface area (Å²) in [5.41, 5.74) is 4.05. The molecule has 0 bridgehead atoms. The van der Waals surface area contributed by atoms with Crippen LogP contribution in [0, 0.1) is 0 Å². The topological polar surface area (TPSA) is 93.1 Å². The molecule has 0 saturated carbocycles. The number of esters is 2. The molecule has 0 aliphatic heterocycles. The highest BCUT2D eigenvalue weighted by Gasteiger charge is 2.15. The van der Waals surface area contributed by atoms with Gasteiger partial charge in [0.15, 0.2) is 0 Å². The number of aliphatic hydroxyl groups excluding tert-OH is 2. The van der Waals surface area contributed by atoms with Crippen LogP contribution in [0.15, 0.2) is 60.7 Å². The number of ether oxygens (including phenoxy) is 2. The summed E-state index contributed by atoms with van der Waals surface area (Å²) in [4.78, 5) is 23.1. The second-order valence-corrected chi connectivity index (χ2v) is 8.96. The lowest BCUT2D eigenvalue weighted by molar-refractivity contribution is -0.148. The Balaban J connectivity index is 1.78. The standard InChI is InChI=1S/C30H40O6/c1-23(33)35-29(27-15-11-25(12-16-27)19-21-31)9-7-5-3-4-6-8-10-30(36-24(2)34)28-17-13-26(14-18-28)20-22-32/h3-4,11-18,29-32H,5-10,19-22H2,1-2H3/b4-3+. The van der Waals surface area contributed by atoms with E-state index in [0.29, 0.717) is 12.8 Å². The first kappa shape index (κ1) is 29.3. The van der Waals surface area contributed by atoms with Crippen LogP contribution in [0.5, 0.6) is 0 Å². The van der Waals surface area contributed by atoms with E-state index < -0.39 is 0 Å². The van der Waals surface area contributed by atoms with Crippen molar-refractivity contribution in [1.29, 1.82) is 0 Å². The maximum atomic E-state index is 11.6. The van der Waals surface area contributed by atoms with E-state index >= 15 is 0 Å². The van der Waals surface area contributed by atoms with Crippen molar-refractivity contribution >= 4 is 11.9 Å². The molecule has 2 unspecified atom stereocenters. The van der Waals surface area contributed by atoms with Crippen molar-refractivity contribution in [1.82, 2.24) is 0 Å². The van der Waals surface area contributed by atoms with Gasteiger partial charge in [-0.3, -0.25) is 9.59 Å². The first-order valence-corrected chi connectivity index (χ1v) is 12.8. The smallest absolute Gasteiger partial charge is 0.303 e. The first-order valence-electron chi connectivity index (χ1n) is 12.8. The molecule has 0 heterocycles. The molecule has 196 valence electrons. The minimum absolute atomic E-state index is 0.113. The van der Waals surface area contributed by atoms with E-state index in [2.05, 4.69) is 12.2 Å². The average Bonchev–Trinajstić information content (AvgIpc) is 2.85. The molecule has 2 aromatic rings. The molecule has 0 aliphatic rings. The van der Waals surface area contributed by atoms with Crippen molar-refractivity contribution in [2.75, 3.05) is 13.2 Å². The Hall–Kier alpha value is -2.96. The van der Waals surface area contributed by atoms with Crippen molar-refractivity contribution < 1.29 is 29.3 Å². The molecule has 0 radical (unpaired) electrons. The Labute approximate surface area is 215 Å². The van der Waals surface area contributed by atoms with Crippen molar-refractivity contribution in [2.24, 2.45) is 0 Å². The number of carbonyl (C=O) groups excluding carboxylic acids is 2. The molecule has 2 aromatic carbocycles. The lowest BCUT2D eigenvalue weighted by Crippen LogP contribution is -2.09. The van der Waals surface area contributed by atoms with E-state index in [1.54, 1.807) is 0 Å². The number of hydrogen-bond acceptors (Lipinski definition) is 6. The van der Waals surface area contributed by atoms with Crippen molar-refractivity contribution in [2.45, 2.75) is 77.4 Å². The van der Waals surface area contributed by atoms with Crippen molar-refractivity contribution in [3.63, 3.8) is 0 Å². The second kappa shape index (κ2) is 16.7. The molecule has 6 heteroatoms. The Morgan fingerprint density at radius 2 is 1.06 bits per heavy atom. The largest absolute Gasteiger partial charge is 0.458 e. The molecule has 0 aromatic heterocycles. The van der Waals surface area contributed by atoms with Gasteiger partial charge in [-0.15, -0.1) is 0 Å². The molecule has 0 amide bonds. The van der Waals surface area contributed by atoms with Crippen LogP contribution in [0.3, 0.4) is 0 Å². The Kier molecular flexibility index (Phi) is 13.5. The zero-order valence-corrected chi connectivity index (χ0v) is 21.5. The predicted molar refractivity (Wildman–Crippen MR) is 140 cm³/mol. The van der Waals surface area contributed by atoms with Gasteiger partial charge in [0.05, 0.1) is 0 Å². The SMILES string of the molecule is CC(=O)OC(CCC/C=C/CCCC(OC(C)=O)c1ccc(CCO)cc1)c1ccc(CCO)cc1. The maximum absolute atomic E-state index is 11.6. The quantitative estimate of drug-likeness (QED) is 0.180. The fourth-order valence-corrected chi connectivity index (χ4v) is 4.12. The van der Waals surface area contributed by atoms with Gasteiger partial charge < -0.3 is 19.7 Å². The monoisotopic (exact) mass is 496 g/mol. The Bertz CT molecular complexity index is 855. The molecule has 36 heavy (non-hydrogen) atoms. The van der Waals surface area contributed by atoms with Crippen LogP contribution >= 0.6 is 0 Å². The van der Waals surface area contributed by atoms with Crippen LogP contribution in [0.25, 0.3) is 0 Å². The average molecular weight is 497 g/mol. The number of allylic oxidation sites excluding steroid dienone is 2. The summed E-state index contributed by atoms with van der Waals surface area (Å²) >= 11 is 0. The minimum Gasteiger partial charge on any atom is -0.458 e. The highest BCUT2D eigenvalue weighted by atomic mass is 16.5. The predicted octanol–water partition coefficient (Wildman–Crippen LogP) is 5.56. The molecule has 6 nitrogen and oxygen atoms in total. The molecule has 2 atom stereocenters. The fourth-order valence-electron chi connectivity index (χ4n) is 4.12. The second-order valence-electron chi connectivity index (χ2n) is 8.96. The van der Waals surface area contributed by atoms with E-state index in [0.717, 1.165) is 60.8 Å². The molecule has 0 saturated heterocycles. The van der Waals surface area contributed by atoms with Crippen molar-refractivity contribution in [3.8, 4) is 0 Å². The molecule has 0 spiro atoms. The van der Waals surface area contributed by atoms with Crippen LogP contribution in [0.2, 0.25) is 0 Å². The Morgan fingerprint density at radius 1 is 0.694 bits per heavy atom. The highest BCUT2D eigenvalue weighted by Crippen LogP contribution is 2.26. The minimum atomic E-state index is -0.291. The van der Waals surface area contributed by atoms with Gasteiger partial charge >= 0.3 is 11.9 Å². The van der Waals surface area contributed by atoms with Gasteiger partial charge in [0, 0.05) is 27.1 Å². The van der Waals surface area contributed by atoms with E-state index in [4.69, 9.17) is 19.7 Å². The molecular weight excluding hydrogens is 456 g/mol. The van der Waals surface area contributed by atoms with E-state index in [1.165, 1.54) is 13.8 Å². The van der Waals surface area contributed by atoms with Crippen molar-refractivity contribution in [3.05, 3.63) is 82.9 Å². The molecular formula is C30H40O6. The van der Waals surface area contributed by atoms with E-state index in [-0.39, 0.29) is 37.4 Å². The number of benzene rings is 2. The van der Waals surface area contributed by atoms with Crippen LogP contribution in [-0.4, -0.2) is 35.4 Å². The van der Waals surface area contributed by atoms with E-state index in [9.17, 15) is 9.59 Å². The maximum Gasteiger partial charge on any atom is 0.303 e. The number of carbonyl (C=O) groups is 2. The molecule has 0 fully saturated rings. The third kappa shape index (κ3) is 11.2. The molecule has 2 N–H and O–H groups in total. The third-order valence-electron chi connectivity index (χ3n) is 5.96. The number of unbranched alkanes of at least 4 members (excludes halogenated alkanes) is 2. The molecule has 2 rings (SSSR count). The number of aliphatic hydroxyl groups is 2. The lowest BCUT2D eigenvalue weighted by Gasteiger charge is -2.18. The lowest BCUT2D eigenvalue weighted by atomic mass is 10.0. The first-order chi connectivity index (χ1) is 17.4. The highest BCUT2D eigenvalue weighted by molar-refractivity contribution is 5.66. The third-order valence-corrected chi connectivity index (χ3v) is 5.96. The summed E-state index contributed by atoms with van der Waals surface area (Å²) in [6.07, 6.45) is 10.0. The van der Waals surface area contributed by atoms with Gasteiger partial charge in [0.1, 0.15) is 12.2 Å². The Morgan fingerprint density at radius 3 is 1.36 bits per heavy atom. The van der Waals surface area contributed by atoms with Crippen LogP contribution in [0.1, 0.15) is 86.8 Å². The zero-order chi connectivity index (χ0) is 26.2. The van der Waals surface area contributed by atoms with Gasteiger partial charge in [-0.25, -0.2) is 0 Å². The summed E-state index contributed by atoms with van der Waals surface area (Å²) in [5, 5.41) is 18.1. The normalized spacial score (nSPS) is 12.9. The molecule has 0 aliphatic carbocycles. The van der Waals surface area contributed by atoms with Gasteiger partial charge in [0.2, 0.25) is 0 Å².